The summed E-state index contributed by atoms with van der Waals surface area (Å²) in [6.07, 6.45) is 0. The van der Waals surface area contributed by atoms with Gasteiger partial charge in [0, 0.05) is 0 Å². The van der Waals surface area contributed by atoms with E-state index < -0.39 is 6.04 Å². The fraction of sp³-hybridized carbons (Fsp3) is 0.667. The van der Waals surface area contributed by atoms with Crippen LogP contribution in [-0.4, -0.2) is 18.5 Å². The van der Waals surface area contributed by atoms with Gasteiger partial charge in [-0.25, -0.2) is 0 Å². The molecule has 1 amide bonds. The molecule has 0 rings (SSSR count). The topological polar surface area (TPSA) is 55.1 Å². The third-order valence-electron chi connectivity index (χ3n) is 1.55. The summed E-state index contributed by atoms with van der Waals surface area (Å²) < 4.78 is 0. The Bertz CT molecular complexity index is 200. The first-order chi connectivity index (χ1) is 5.59. The van der Waals surface area contributed by atoms with Gasteiger partial charge in [0.1, 0.15) is 0 Å². The molecular formula is C9H16N2O. The SMILES string of the molecule is CC#CCNC(=O)C(N)C(C)C. The van der Waals surface area contributed by atoms with Crippen LogP contribution in [0.1, 0.15) is 20.8 Å². The molecule has 0 aromatic carbocycles. The zero-order chi connectivity index (χ0) is 9.56. The Morgan fingerprint density at radius 2 is 2.17 bits per heavy atom. The summed E-state index contributed by atoms with van der Waals surface area (Å²) in [7, 11) is 0. The minimum Gasteiger partial charge on any atom is -0.344 e. The van der Waals surface area contributed by atoms with Gasteiger partial charge in [-0.2, -0.15) is 0 Å². The summed E-state index contributed by atoms with van der Waals surface area (Å²) in [6.45, 7) is 5.94. The molecule has 0 aromatic rings. The molecule has 0 aliphatic rings. The van der Waals surface area contributed by atoms with Crippen molar-refractivity contribution in [1.82, 2.24) is 5.32 Å². The second-order valence-corrected chi connectivity index (χ2v) is 2.91. The first-order valence-electron chi connectivity index (χ1n) is 4.02. The zero-order valence-corrected chi connectivity index (χ0v) is 7.85. The van der Waals surface area contributed by atoms with Gasteiger partial charge in [0.15, 0.2) is 0 Å². The van der Waals surface area contributed by atoms with Crippen LogP contribution in [0.5, 0.6) is 0 Å². The predicted molar refractivity (Wildman–Crippen MR) is 49.3 cm³/mol. The number of nitrogens with two attached hydrogens (primary N) is 1. The summed E-state index contributed by atoms with van der Waals surface area (Å²) in [5, 5.41) is 2.63. The molecule has 12 heavy (non-hydrogen) atoms. The predicted octanol–water partition coefficient (Wildman–Crippen LogP) is 0.109. The monoisotopic (exact) mass is 168 g/mol. The molecule has 0 aliphatic heterocycles. The van der Waals surface area contributed by atoms with E-state index in [9.17, 15) is 4.79 Å². The van der Waals surface area contributed by atoms with Gasteiger partial charge >= 0.3 is 0 Å². The normalized spacial score (nSPS) is 11.8. The molecule has 3 N–H and O–H groups in total. The van der Waals surface area contributed by atoms with E-state index in [0.29, 0.717) is 6.54 Å². The Morgan fingerprint density at radius 3 is 2.58 bits per heavy atom. The second kappa shape index (κ2) is 5.62. The molecule has 1 atom stereocenters. The van der Waals surface area contributed by atoms with Crippen LogP contribution in [0.15, 0.2) is 0 Å². The summed E-state index contributed by atoms with van der Waals surface area (Å²) in [5.41, 5.74) is 5.58. The molecule has 3 nitrogen and oxygen atoms in total. The molecule has 0 bridgehead atoms. The fourth-order valence-electron chi connectivity index (χ4n) is 0.640. The molecule has 0 aliphatic carbocycles. The van der Waals surface area contributed by atoms with Gasteiger partial charge in [0.05, 0.1) is 12.6 Å². The van der Waals surface area contributed by atoms with E-state index in [1.807, 2.05) is 13.8 Å². The van der Waals surface area contributed by atoms with Crippen molar-refractivity contribution < 1.29 is 4.79 Å². The molecule has 0 saturated carbocycles. The molecule has 0 fully saturated rings. The lowest BCUT2D eigenvalue weighted by Crippen LogP contribution is -2.43. The number of hydrogen-bond donors (Lipinski definition) is 2. The van der Waals surface area contributed by atoms with Gasteiger partial charge < -0.3 is 11.1 Å². The van der Waals surface area contributed by atoms with Crippen LogP contribution in [0.25, 0.3) is 0 Å². The second-order valence-electron chi connectivity index (χ2n) is 2.91. The number of carbonyl (C=O) groups is 1. The summed E-state index contributed by atoms with van der Waals surface area (Å²) in [4.78, 5) is 11.2. The minimum absolute atomic E-state index is 0.132. The Morgan fingerprint density at radius 1 is 1.58 bits per heavy atom. The molecule has 3 heteroatoms. The van der Waals surface area contributed by atoms with Crippen LogP contribution >= 0.6 is 0 Å². The van der Waals surface area contributed by atoms with Crippen molar-refractivity contribution in [2.24, 2.45) is 11.7 Å². The first kappa shape index (κ1) is 11.0. The molecule has 0 aromatic heterocycles. The third kappa shape index (κ3) is 3.99. The van der Waals surface area contributed by atoms with Gasteiger partial charge in [0.25, 0.3) is 0 Å². The fourth-order valence-corrected chi connectivity index (χ4v) is 0.640. The smallest absolute Gasteiger partial charge is 0.237 e. The van der Waals surface area contributed by atoms with E-state index in [4.69, 9.17) is 5.73 Å². The van der Waals surface area contributed by atoms with E-state index in [-0.39, 0.29) is 11.8 Å². The van der Waals surface area contributed by atoms with Crippen molar-refractivity contribution >= 4 is 5.91 Å². The van der Waals surface area contributed by atoms with Crippen molar-refractivity contribution in [3.05, 3.63) is 0 Å². The number of hydrogen-bond acceptors (Lipinski definition) is 2. The van der Waals surface area contributed by atoms with Gasteiger partial charge in [-0.05, 0) is 12.8 Å². The van der Waals surface area contributed by atoms with Crippen molar-refractivity contribution in [2.45, 2.75) is 26.8 Å². The van der Waals surface area contributed by atoms with Gasteiger partial charge in [-0.3, -0.25) is 4.79 Å². The average molecular weight is 168 g/mol. The summed E-state index contributed by atoms with van der Waals surface area (Å²) in [5.74, 6) is 5.46. The van der Waals surface area contributed by atoms with Crippen molar-refractivity contribution in [2.75, 3.05) is 6.54 Å². The Labute approximate surface area is 73.7 Å². The van der Waals surface area contributed by atoms with Crippen molar-refractivity contribution in [3.8, 4) is 11.8 Å². The van der Waals surface area contributed by atoms with Crippen LogP contribution in [0.3, 0.4) is 0 Å². The van der Waals surface area contributed by atoms with Gasteiger partial charge in [0.2, 0.25) is 5.91 Å². The van der Waals surface area contributed by atoms with Crippen LogP contribution in [0.2, 0.25) is 0 Å². The van der Waals surface area contributed by atoms with E-state index in [1.165, 1.54) is 0 Å². The molecular weight excluding hydrogens is 152 g/mol. The van der Waals surface area contributed by atoms with Crippen LogP contribution in [0.4, 0.5) is 0 Å². The van der Waals surface area contributed by atoms with Crippen LogP contribution < -0.4 is 11.1 Å². The maximum Gasteiger partial charge on any atom is 0.237 e. The number of nitrogens with one attached hydrogen (secondary N) is 1. The van der Waals surface area contributed by atoms with Crippen LogP contribution in [-0.2, 0) is 4.79 Å². The lowest BCUT2D eigenvalue weighted by Gasteiger charge is -2.13. The summed E-state index contributed by atoms with van der Waals surface area (Å²) in [6, 6.07) is -0.427. The van der Waals surface area contributed by atoms with Gasteiger partial charge in [-0.1, -0.05) is 19.8 Å². The third-order valence-corrected chi connectivity index (χ3v) is 1.55. The lowest BCUT2D eigenvalue weighted by molar-refractivity contribution is -0.122. The maximum atomic E-state index is 11.2. The molecule has 0 heterocycles. The van der Waals surface area contributed by atoms with Crippen molar-refractivity contribution in [3.63, 3.8) is 0 Å². The Hall–Kier alpha value is -1.01. The maximum absolute atomic E-state index is 11.2. The van der Waals surface area contributed by atoms with Crippen LogP contribution in [0, 0.1) is 17.8 Å². The van der Waals surface area contributed by atoms with E-state index >= 15 is 0 Å². The molecule has 0 saturated heterocycles. The highest BCUT2D eigenvalue weighted by atomic mass is 16.2. The Balaban J connectivity index is 3.77. The first-order valence-corrected chi connectivity index (χ1v) is 4.02. The highest BCUT2D eigenvalue weighted by molar-refractivity contribution is 5.81. The number of amides is 1. The quantitative estimate of drug-likeness (QED) is 0.588. The average Bonchev–Trinajstić information content (AvgIpc) is 2.03. The Kier molecular flexibility index (Phi) is 5.14. The zero-order valence-electron chi connectivity index (χ0n) is 7.85. The highest BCUT2D eigenvalue weighted by Crippen LogP contribution is 1.96. The minimum atomic E-state index is -0.427. The van der Waals surface area contributed by atoms with E-state index in [1.54, 1.807) is 6.92 Å². The number of carbonyl (C=O) groups excluding carboxylic acids is 1. The molecule has 1 unspecified atom stereocenters. The molecule has 68 valence electrons. The summed E-state index contributed by atoms with van der Waals surface area (Å²) >= 11 is 0. The molecule has 0 spiro atoms. The van der Waals surface area contributed by atoms with Crippen molar-refractivity contribution in [1.29, 1.82) is 0 Å². The number of rotatable bonds is 3. The van der Waals surface area contributed by atoms with E-state index in [2.05, 4.69) is 17.2 Å². The standard InChI is InChI=1S/C9H16N2O/c1-4-5-6-11-9(12)8(10)7(2)3/h7-8H,6,10H2,1-3H3,(H,11,12). The van der Waals surface area contributed by atoms with E-state index in [0.717, 1.165) is 0 Å². The largest absolute Gasteiger partial charge is 0.344 e. The highest BCUT2D eigenvalue weighted by Gasteiger charge is 2.15. The lowest BCUT2D eigenvalue weighted by atomic mass is 10.1. The van der Waals surface area contributed by atoms with Gasteiger partial charge in [-0.15, -0.1) is 5.92 Å². The molecule has 0 radical (unpaired) electrons.